The number of ether oxygens (including phenoxy) is 1. The van der Waals surface area contributed by atoms with Crippen LogP contribution in [0.25, 0.3) is 0 Å². The Morgan fingerprint density at radius 1 is 1.00 bits per heavy atom. The first-order valence-corrected chi connectivity index (χ1v) is 8.60. The summed E-state index contributed by atoms with van der Waals surface area (Å²) in [5, 5.41) is 13.2. The third kappa shape index (κ3) is 11.7. The van der Waals surface area contributed by atoms with Crippen LogP contribution >= 0.6 is 0 Å². The summed E-state index contributed by atoms with van der Waals surface area (Å²) >= 11 is 0. The Bertz CT molecular complexity index is 199. The maximum atomic E-state index is 9.84. The lowest BCUT2D eigenvalue weighted by Crippen LogP contribution is -2.39. The van der Waals surface area contributed by atoms with Crippen molar-refractivity contribution in [2.75, 3.05) is 19.8 Å². The molecule has 3 nitrogen and oxygen atoms in total. The summed E-state index contributed by atoms with van der Waals surface area (Å²) in [7, 11) is 0. The zero-order valence-corrected chi connectivity index (χ0v) is 14.2. The third-order valence-electron chi connectivity index (χ3n) is 4.13. The number of unbranched alkanes of at least 4 members (excludes halogenated alkanes) is 5. The van der Waals surface area contributed by atoms with Gasteiger partial charge >= 0.3 is 0 Å². The van der Waals surface area contributed by atoms with Crippen LogP contribution < -0.4 is 5.32 Å². The molecule has 3 atom stereocenters. The minimum Gasteiger partial charge on any atom is -0.389 e. The quantitative estimate of drug-likeness (QED) is 0.478. The van der Waals surface area contributed by atoms with Crippen LogP contribution in [0, 0.1) is 5.92 Å². The van der Waals surface area contributed by atoms with Crippen LogP contribution in [0.4, 0.5) is 0 Å². The van der Waals surface area contributed by atoms with Gasteiger partial charge in [-0.05, 0) is 19.3 Å². The van der Waals surface area contributed by atoms with Gasteiger partial charge < -0.3 is 15.2 Å². The van der Waals surface area contributed by atoms with E-state index in [4.69, 9.17) is 4.74 Å². The molecule has 0 saturated heterocycles. The van der Waals surface area contributed by atoms with E-state index in [-0.39, 0.29) is 6.10 Å². The second-order valence-corrected chi connectivity index (χ2v) is 6.08. The molecule has 0 amide bonds. The highest BCUT2D eigenvalue weighted by Crippen LogP contribution is 2.07. The highest BCUT2D eigenvalue weighted by Gasteiger charge is 2.11. The molecule has 3 heteroatoms. The number of aliphatic hydroxyl groups is 1. The van der Waals surface area contributed by atoms with Gasteiger partial charge in [0.05, 0.1) is 12.7 Å². The number of rotatable bonds is 14. The van der Waals surface area contributed by atoms with Gasteiger partial charge in [0.1, 0.15) is 0 Å². The summed E-state index contributed by atoms with van der Waals surface area (Å²) in [6.45, 7) is 10.7. The molecule has 0 fully saturated rings. The molecular weight excluding hydrogens is 250 g/mol. The third-order valence-corrected chi connectivity index (χ3v) is 4.13. The van der Waals surface area contributed by atoms with E-state index in [2.05, 4.69) is 33.0 Å². The lowest BCUT2D eigenvalue weighted by molar-refractivity contribution is 0.0335. The Labute approximate surface area is 126 Å². The van der Waals surface area contributed by atoms with Crippen LogP contribution in [0.15, 0.2) is 0 Å². The molecule has 0 aliphatic heterocycles. The molecule has 0 aliphatic rings. The minimum absolute atomic E-state index is 0.387. The molecule has 0 bridgehead atoms. The summed E-state index contributed by atoms with van der Waals surface area (Å²) in [5.74, 6) is 0.645. The van der Waals surface area contributed by atoms with E-state index in [9.17, 15) is 5.11 Å². The molecule has 0 aromatic rings. The first kappa shape index (κ1) is 19.9. The Morgan fingerprint density at radius 2 is 1.65 bits per heavy atom. The second-order valence-electron chi connectivity index (χ2n) is 6.08. The molecule has 3 unspecified atom stereocenters. The first-order valence-electron chi connectivity index (χ1n) is 8.60. The van der Waals surface area contributed by atoms with Gasteiger partial charge in [0, 0.05) is 19.2 Å². The van der Waals surface area contributed by atoms with Crippen molar-refractivity contribution < 1.29 is 9.84 Å². The van der Waals surface area contributed by atoms with E-state index in [1.54, 1.807) is 0 Å². The fourth-order valence-corrected chi connectivity index (χ4v) is 2.14. The summed E-state index contributed by atoms with van der Waals surface area (Å²) in [5.41, 5.74) is 0. The van der Waals surface area contributed by atoms with Crippen LogP contribution in [0.2, 0.25) is 0 Å². The zero-order valence-electron chi connectivity index (χ0n) is 14.2. The maximum Gasteiger partial charge on any atom is 0.0897 e. The van der Waals surface area contributed by atoms with Crippen molar-refractivity contribution in [3.05, 3.63) is 0 Å². The van der Waals surface area contributed by atoms with Crippen LogP contribution in [0.5, 0.6) is 0 Å². The SMILES string of the molecule is CCCCCCCCOCC(O)CNC(C)C(C)CC. The van der Waals surface area contributed by atoms with Crippen molar-refractivity contribution in [2.45, 2.75) is 84.8 Å². The van der Waals surface area contributed by atoms with Crippen molar-refractivity contribution in [1.82, 2.24) is 5.32 Å². The van der Waals surface area contributed by atoms with Crippen molar-refractivity contribution in [3.63, 3.8) is 0 Å². The lowest BCUT2D eigenvalue weighted by atomic mass is 10.0. The van der Waals surface area contributed by atoms with Gasteiger partial charge in [-0.1, -0.05) is 59.3 Å². The number of hydrogen-bond donors (Lipinski definition) is 2. The Kier molecular flexibility index (Phi) is 13.8. The smallest absolute Gasteiger partial charge is 0.0897 e. The second kappa shape index (κ2) is 13.8. The standard InChI is InChI=1S/C17H37NO2/c1-5-7-8-9-10-11-12-20-14-17(19)13-18-16(4)15(3)6-2/h15-19H,5-14H2,1-4H3. The van der Waals surface area contributed by atoms with E-state index in [0.717, 1.165) is 13.0 Å². The maximum absolute atomic E-state index is 9.84. The zero-order chi connectivity index (χ0) is 15.2. The number of nitrogens with one attached hydrogen (secondary N) is 1. The largest absolute Gasteiger partial charge is 0.389 e. The molecule has 0 aromatic carbocycles. The molecule has 122 valence electrons. The summed E-state index contributed by atoms with van der Waals surface area (Å²) < 4.78 is 5.53. The summed E-state index contributed by atoms with van der Waals surface area (Å²) in [6.07, 6.45) is 8.45. The van der Waals surface area contributed by atoms with Crippen LogP contribution in [-0.4, -0.2) is 37.0 Å². The molecule has 0 radical (unpaired) electrons. The van der Waals surface area contributed by atoms with Crippen molar-refractivity contribution >= 4 is 0 Å². The van der Waals surface area contributed by atoms with Gasteiger partial charge in [0.25, 0.3) is 0 Å². The van der Waals surface area contributed by atoms with Gasteiger partial charge in [-0.3, -0.25) is 0 Å². The molecule has 0 rings (SSSR count). The topological polar surface area (TPSA) is 41.5 Å². The average molecular weight is 287 g/mol. The molecular formula is C17H37NO2. The molecule has 0 saturated carbocycles. The van der Waals surface area contributed by atoms with E-state index < -0.39 is 0 Å². The molecule has 0 spiro atoms. The summed E-state index contributed by atoms with van der Waals surface area (Å²) in [4.78, 5) is 0. The van der Waals surface area contributed by atoms with Crippen LogP contribution in [-0.2, 0) is 4.74 Å². The molecule has 0 aromatic heterocycles. The van der Waals surface area contributed by atoms with Gasteiger partial charge in [0.2, 0.25) is 0 Å². The minimum atomic E-state index is -0.387. The molecule has 0 heterocycles. The first-order chi connectivity index (χ1) is 9.61. The molecule has 20 heavy (non-hydrogen) atoms. The van der Waals surface area contributed by atoms with Gasteiger partial charge in [-0.15, -0.1) is 0 Å². The fraction of sp³-hybridized carbons (Fsp3) is 1.00. The van der Waals surface area contributed by atoms with E-state index in [0.29, 0.717) is 25.1 Å². The van der Waals surface area contributed by atoms with Gasteiger partial charge in [-0.25, -0.2) is 0 Å². The van der Waals surface area contributed by atoms with Crippen LogP contribution in [0.3, 0.4) is 0 Å². The number of hydrogen-bond acceptors (Lipinski definition) is 3. The van der Waals surface area contributed by atoms with E-state index in [1.807, 2.05) is 0 Å². The van der Waals surface area contributed by atoms with Crippen molar-refractivity contribution in [3.8, 4) is 0 Å². The predicted octanol–water partition coefficient (Wildman–Crippen LogP) is 3.75. The average Bonchev–Trinajstić information content (AvgIpc) is 2.46. The normalized spacial score (nSPS) is 16.1. The highest BCUT2D eigenvalue weighted by atomic mass is 16.5. The molecule has 0 aliphatic carbocycles. The Morgan fingerprint density at radius 3 is 2.30 bits per heavy atom. The monoisotopic (exact) mass is 287 g/mol. The fourth-order valence-electron chi connectivity index (χ4n) is 2.14. The predicted molar refractivity (Wildman–Crippen MR) is 87.1 cm³/mol. The van der Waals surface area contributed by atoms with Crippen molar-refractivity contribution in [2.24, 2.45) is 5.92 Å². The Hall–Kier alpha value is -0.120. The Balaban J connectivity index is 3.34. The summed E-state index contributed by atoms with van der Waals surface area (Å²) in [6, 6.07) is 0.452. The lowest BCUT2D eigenvalue weighted by Gasteiger charge is -2.21. The highest BCUT2D eigenvalue weighted by molar-refractivity contribution is 4.69. The van der Waals surface area contributed by atoms with Crippen LogP contribution in [0.1, 0.15) is 72.6 Å². The van der Waals surface area contributed by atoms with Gasteiger partial charge in [-0.2, -0.15) is 0 Å². The van der Waals surface area contributed by atoms with E-state index in [1.165, 1.54) is 38.5 Å². The number of aliphatic hydroxyl groups excluding tert-OH is 1. The molecule has 2 N–H and O–H groups in total. The van der Waals surface area contributed by atoms with E-state index >= 15 is 0 Å². The van der Waals surface area contributed by atoms with Crippen molar-refractivity contribution in [1.29, 1.82) is 0 Å². The van der Waals surface area contributed by atoms with Gasteiger partial charge in [0.15, 0.2) is 0 Å².